The number of rotatable bonds is 4. The predicted molar refractivity (Wildman–Crippen MR) is 76.1 cm³/mol. The third kappa shape index (κ3) is 3.40. The molecule has 0 bridgehead atoms. The number of H-pyrrole nitrogens is 1. The van der Waals surface area contributed by atoms with Crippen molar-refractivity contribution in [1.82, 2.24) is 14.7 Å². The van der Waals surface area contributed by atoms with Gasteiger partial charge < -0.3 is 4.98 Å². The maximum absolute atomic E-state index is 12.5. The molecule has 0 radical (unpaired) electrons. The average molecular weight is 345 g/mol. The van der Waals surface area contributed by atoms with E-state index < -0.39 is 21.9 Å². The van der Waals surface area contributed by atoms with Crippen LogP contribution in [0.25, 0.3) is 0 Å². The highest BCUT2D eigenvalue weighted by Crippen LogP contribution is 2.27. The lowest BCUT2D eigenvalue weighted by atomic mass is 10.1. The number of nitrogens with one attached hydrogen (secondary N) is 2. The maximum Gasteiger partial charge on any atom is 0.432 e. The minimum absolute atomic E-state index is 0.0953. The van der Waals surface area contributed by atoms with Gasteiger partial charge in [-0.3, -0.25) is 0 Å². The molecule has 0 saturated carbocycles. The van der Waals surface area contributed by atoms with Gasteiger partial charge in [0.1, 0.15) is 11.5 Å². The number of imidazole rings is 1. The fourth-order valence-electron chi connectivity index (χ4n) is 2.56. The molecule has 5 nitrogen and oxygen atoms in total. The lowest BCUT2D eigenvalue weighted by molar-refractivity contribution is -0.140. The Morgan fingerprint density at radius 2 is 1.96 bits per heavy atom. The van der Waals surface area contributed by atoms with Gasteiger partial charge in [0, 0.05) is 0 Å². The van der Waals surface area contributed by atoms with E-state index in [4.69, 9.17) is 0 Å². The van der Waals surface area contributed by atoms with Gasteiger partial charge in [0.15, 0.2) is 0 Å². The molecule has 124 valence electrons. The summed E-state index contributed by atoms with van der Waals surface area (Å²) in [6, 6.07) is 4.91. The molecule has 0 atom stereocenters. The van der Waals surface area contributed by atoms with Crippen molar-refractivity contribution in [1.29, 1.82) is 0 Å². The summed E-state index contributed by atoms with van der Waals surface area (Å²) >= 11 is 0. The normalized spacial score (nSPS) is 14.9. The molecule has 1 aliphatic rings. The largest absolute Gasteiger partial charge is 0.432 e. The van der Waals surface area contributed by atoms with Crippen LogP contribution in [0.1, 0.15) is 29.1 Å². The maximum atomic E-state index is 12.5. The van der Waals surface area contributed by atoms with Crippen LogP contribution in [0.4, 0.5) is 13.2 Å². The number of aryl methyl sites for hydroxylation is 2. The lowest BCUT2D eigenvalue weighted by Crippen LogP contribution is -2.24. The monoisotopic (exact) mass is 345 g/mol. The van der Waals surface area contributed by atoms with Gasteiger partial charge in [-0.25, -0.2) is 18.1 Å². The fourth-order valence-corrected chi connectivity index (χ4v) is 3.60. The van der Waals surface area contributed by atoms with Crippen molar-refractivity contribution in [3.05, 3.63) is 47.0 Å². The third-order valence-electron chi connectivity index (χ3n) is 3.74. The molecule has 2 aromatic rings. The van der Waals surface area contributed by atoms with E-state index in [2.05, 4.69) is 14.7 Å². The van der Waals surface area contributed by atoms with E-state index in [1.54, 1.807) is 12.1 Å². The summed E-state index contributed by atoms with van der Waals surface area (Å²) in [5, 5.41) is 0. The second kappa shape index (κ2) is 5.64. The van der Waals surface area contributed by atoms with Crippen LogP contribution >= 0.6 is 0 Å². The first-order valence-corrected chi connectivity index (χ1v) is 8.46. The molecule has 3 rings (SSSR count). The summed E-state index contributed by atoms with van der Waals surface area (Å²) in [5.74, 6) is -0.0953. The third-order valence-corrected chi connectivity index (χ3v) is 5.14. The average Bonchev–Trinajstić information content (AvgIpc) is 3.13. The highest BCUT2D eigenvalue weighted by molar-refractivity contribution is 7.89. The van der Waals surface area contributed by atoms with Crippen LogP contribution in [-0.4, -0.2) is 18.4 Å². The first kappa shape index (κ1) is 16.0. The zero-order valence-electron chi connectivity index (χ0n) is 11.9. The molecule has 0 saturated heterocycles. The first-order chi connectivity index (χ1) is 10.8. The number of fused-ring (bicyclic) bond motifs is 1. The van der Waals surface area contributed by atoms with Crippen molar-refractivity contribution in [3.8, 4) is 0 Å². The Hall–Kier alpha value is -1.87. The van der Waals surface area contributed by atoms with Crippen LogP contribution in [0, 0.1) is 0 Å². The molecule has 2 N–H and O–H groups in total. The molecule has 1 aromatic carbocycles. The van der Waals surface area contributed by atoms with E-state index in [0.717, 1.165) is 30.4 Å². The molecule has 0 unspecified atom stereocenters. The quantitative estimate of drug-likeness (QED) is 0.893. The van der Waals surface area contributed by atoms with Crippen molar-refractivity contribution < 1.29 is 21.6 Å². The summed E-state index contributed by atoms with van der Waals surface area (Å²) in [6.07, 6.45) is -1.12. The van der Waals surface area contributed by atoms with Gasteiger partial charge in [-0.2, -0.15) is 13.2 Å². The number of benzene rings is 1. The Morgan fingerprint density at radius 1 is 1.22 bits per heavy atom. The van der Waals surface area contributed by atoms with Gasteiger partial charge in [0.05, 0.1) is 17.6 Å². The van der Waals surface area contributed by atoms with Gasteiger partial charge in [-0.05, 0) is 42.5 Å². The SMILES string of the molecule is O=S(=O)(NCc1ncc(C(F)(F)F)[nH]1)c1ccc2c(c1)CCC2. The van der Waals surface area contributed by atoms with Crippen LogP contribution in [-0.2, 0) is 35.6 Å². The minimum Gasteiger partial charge on any atom is -0.337 e. The van der Waals surface area contributed by atoms with Crippen LogP contribution in [0.2, 0.25) is 0 Å². The van der Waals surface area contributed by atoms with Crippen molar-refractivity contribution in [2.45, 2.75) is 36.9 Å². The molecular weight excluding hydrogens is 331 g/mol. The number of halogens is 3. The Morgan fingerprint density at radius 3 is 2.65 bits per heavy atom. The van der Waals surface area contributed by atoms with E-state index in [1.165, 1.54) is 6.07 Å². The number of nitrogens with zero attached hydrogens (tertiary/aromatic N) is 1. The summed E-state index contributed by atoms with van der Waals surface area (Å²) in [4.78, 5) is 5.70. The number of hydrogen-bond donors (Lipinski definition) is 2. The number of hydrogen-bond acceptors (Lipinski definition) is 3. The highest BCUT2D eigenvalue weighted by atomic mass is 32.2. The number of sulfonamides is 1. The lowest BCUT2D eigenvalue weighted by Gasteiger charge is -2.07. The molecule has 9 heteroatoms. The molecule has 0 fully saturated rings. The van der Waals surface area contributed by atoms with Crippen LogP contribution < -0.4 is 4.72 Å². The van der Waals surface area contributed by atoms with E-state index >= 15 is 0 Å². The zero-order chi connectivity index (χ0) is 16.7. The van der Waals surface area contributed by atoms with Gasteiger partial charge in [-0.15, -0.1) is 0 Å². The topological polar surface area (TPSA) is 74.8 Å². The van der Waals surface area contributed by atoms with E-state index in [0.29, 0.717) is 6.20 Å². The van der Waals surface area contributed by atoms with Gasteiger partial charge >= 0.3 is 6.18 Å². The van der Waals surface area contributed by atoms with Gasteiger partial charge in [0.2, 0.25) is 10.0 Å². The van der Waals surface area contributed by atoms with Gasteiger partial charge in [0.25, 0.3) is 0 Å². The van der Waals surface area contributed by atoms with Crippen molar-refractivity contribution in [3.63, 3.8) is 0 Å². The predicted octanol–water partition coefficient (Wildman–Crippen LogP) is 2.40. The second-order valence-corrected chi connectivity index (χ2v) is 7.12. The van der Waals surface area contributed by atoms with Gasteiger partial charge in [-0.1, -0.05) is 6.07 Å². The van der Waals surface area contributed by atoms with Crippen molar-refractivity contribution >= 4 is 10.0 Å². The Balaban J connectivity index is 1.73. The Bertz CT molecular complexity index is 828. The number of alkyl halides is 3. The van der Waals surface area contributed by atoms with Crippen molar-refractivity contribution in [2.75, 3.05) is 0 Å². The van der Waals surface area contributed by atoms with Crippen LogP contribution in [0.3, 0.4) is 0 Å². The highest BCUT2D eigenvalue weighted by Gasteiger charge is 2.33. The number of aromatic amines is 1. The summed E-state index contributed by atoms with van der Waals surface area (Å²) in [5.41, 5.74) is 1.14. The molecule has 0 amide bonds. The zero-order valence-corrected chi connectivity index (χ0v) is 12.8. The molecule has 1 aromatic heterocycles. The van der Waals surface area contributed by atoms with E-state index in [9.17, 15) is 21.6 Å². The Kier molecular flexibility index (Phi) is 3.93. The second-order valence-electron chi connectivity index (χ2n) is 5.35. The molecule has 1 aliphatic carbocycles. The fraction of sp³-hybridized carbons (Fsp3) is 0.357. The molecule has 23 heavy (non-hydrogen) atoms. The summed E-state index contributed by atoms with van der Waals surface area (Å²) < 4.78 is 64.1. The first-order valence-electron chi connectivity index (χ1n) is 6.98. The summed E-state index contributed by atoms with van der Waals surface area (Å²) in [7, 11) is -3.80. The summed E-state index contributed by atoms with van der Waals surface area (Å²) in [6.45, 7) is -0.338. The molecular formula is C14H14F3N3O2S. The smallest absolute Gasteiger partial charge is 0.337 e. The molecule has 1 heterocycles. The Labute approximate surface area is 131 Å². The van der Waals surface area contributed by atoms with Crippen molar-refractivity contribution in [2.24, 2.45) is 0 Å². The van der Waals surface area contributed by atoms with Crippen LogP contribution in [0.5, 0.6) is 0 Å². The number of aromatic nitrogens is 2. The minimum atomic E-state index is -4.54. The van der Waals surface area contributed by atoms with E-state index in [-0.39, 0.29) is 17.3 Å². The molecule has 0 spiro atoms. The van der Waals surface area contributed by atoms with E-state index in [1.807, 2.05) is 0 Å². The van der Waals surface area contributed by atoms with Crippen LogP contribution in [0.15, 0.2) is 29.3 Å². The standard InChI is InChI=1S/C14H14F3N3O2S/c15-14(16,17)12-7-18-13(20-12)8-19-23(21,22)11-5-4-9-2-1-3-10(9)6-11/h4-7,19H,1-3,8H2,(H,18,20). The molecule has 0 aliphatic heterocycles.